The van der Waals surface area contributed by atoms with Crippen LogP contribution in [-0.4, -0.2) is 65.4 Å². The molecule has 0 spiro atoms. The molecule has 2 heterocycles. The van der Waals surface area contributed by atoms with Crippen LogP contribution < -0.4 is 0 Å². The van der Waals surface area contributed by atoms with Crippen molar-refractivity contribution in [3.05, 3.63) is 35.7 Å². The first kappa shape index (κ1) is 18.0. The number of aromatic nitrogens is 2. The molecule has 0 radical (unpaired) electrons. The SMILES string of the molecule is Cc1ccc(-c2noc(CN3CCN(CCOC(C)C)CC3)n2)cc1. The van der Waals surface area contributed by atoms with Crippen LogP contribution in [0, 0.1) is 6.92 Å². The predicted molar refractivity (Wildman–Crippen MR) is 97.3 cm³/mol. The monoisotopic (exact) mass is 344 g/mol. The van der Waals surface area contributed by atoms with Crippen LogP contribution in [0.5, 0.6) is 0 Å². The third-order valence-electron chi connectivity index (χ3n) is 4.46. The van der Waals surface area contributed by atoms with Crippen molar-refractivity contribution in [2.75, 3.05) is 39.3 Å². The normalized spacial score (nSPS) is 16.6. The van der Waals surface area contributed by atoms with Crippen molar-refractivity contribution in [3.63, 3.8) is 0 Å². The van der Waals surface area contributed by atoms with E-state index in [-0.39, 0.29) is 0 Å². The van der Waals surface area contributed by atoms with Crippen molar-refractivity contribution in [1.82, 2.24) is 19.9 Å². The highest BCUT2D eigenvalue weighted by molar-refractivity contribution is 5.54. The quantitative estimate of drug-likeness (QED) is 0.769. The molecule has 0 unspecified atom stereocenters. The van der Waals surface area contributed by atoms with Crippen molar-refractivity contribution >= 4 is 0 Å². The van der Waals surface area contributed by atoms with Crippen LogP contribution in [0.4, 0.5) is 0 Å². The Morgan fingerprint density at radius 2 is 1.76 bits per heavy atom. The first-order chi connectivity index (χ1) is 12.1. The number of nitrogens with zero attached hydrogens (tertiary/aromatic N) is 4. The molecule has 0 atom stereocenters. The first-order valence-corrected chi connectivity index (χ1v) is 9.06. The molecule has 1 aliphatic rings. The lowest BCUT2D eigenvalue weighted by Crippen LogP contribution is -2.46. The molecule has 25 heavy (non-hydrogen) atoms. The molecule has 0 bridgehead atoms. The molecule has 0 amide bonds. The highest BCUT2D eigenvalue weighted by atomic mass is 16.5. The van der Waals surface area contributed by atoms with Gasteiger partial charge >= 0.3 is 0 Å². The number of benzene rings is 1. The maximum Gasteiger partial charge on any atom is 0.241 e. The number of hydrogen-bond acceptors (Lipinski definition) is 6. The van der Waals surface area contributed by atoms with Crippen LogP contribution in [-0.2, 0) is 11.3 Å². The summed E-state index contributed by atoms with van der Waals surface area (Å²) in [5.41, 5.74) is 2.22. The Balaban J connectivity index is 1.46. The maximum atomic E-state index is 5.63. The van der Waals surface area contributed by atoms with Gasteiger partial charge in [0.05, 0.1) is 19.3 Å². The van der Waals surface area contributed by atoms with E-state index < -0.39 is 0 Å². The zero-order chi connectivity index (χ0) is 17.6. The van der Waals surface area contributed by atoms with E-state index in [1.54, 1.807) is 0 Å². The molecule has 6 heteroatoms. The molecule has 0 saturated carbocycles. The third-order valence-corrected chi connectivity index (χ3v) is 4.46. The fourth-order valence-electron chi connectivity index (χ4n) is 2.92. The van der Waals surface area contributed by atoms with E-state index in [0.717, 1.165) is 51.4 Å². The maximum absolute atomic E-state index is 5.63. The second-order valence-electron chi connectivity index (χ2n) is 6.92. The van der Waals surface area contributed by atoms with Crippen molar-refractivity contribution in [2.45, 2.75) is 33.4 Å². The van der Waals surface area contributed by atoms with Crippen LogP contribution in [0.3, 0.4) is 0 Å². The molecule has 6 nitrogen and oxygen atoms in total. The first-order valence-electron chi connectivity index (χ1n) is 9.06. The molecular weight excluding hydrogens is 316 g/mol. The fourth-order valence-corrected chi connectivity index (χ4v) is 2.92. The Hall–Kier alpha value is -1.76. The summed E-state index contributed by atoms with van der Waals surface area (Å²) in [6.07, 6.45) is 0.307. The minimum Gasteiger partial charge on any atom is -0.377 e. The van der Waals surface area contributed by atoms with Gasteiger partial charge in [0.2, 0.25) is 11.7 Å². The van der Waals surface area contributed by atoms with Gasteiger partial charge in [-0.05, 0) is 20.8 Å². The van der Waals surface area contributed by atoms with Crippen molar-refractivity contribution < 1.29 is 9.26 Å². The molecule has 1 aromatic carbocycles. The topological polar surface area (TPSA) is 54.6 Å². The summed E-state index contributed by atoms with van der Waals surface area (Å²) in [4.78, 5) is 9.36. The van der Waals surface area contributed by atoms with E-state index >= 15 is 0 Å². The van der Waals surface area contributed by atoms with Gasteiger partial charge in [0.15, 0.2) is 0 Å². The van der Waals surface area contributed by atoms with Gasteiger partial charge in [0.25, 0.3) is 0 Å². The van der Waals surface area contributed by atoms with E-state index in [9.17, 15) is 0 Å². The second kappa shape index (κ2) is 8.56. The summed E-state index contributed by atoms with van der Waals surface area (Å²) in [7, 11) is 0. The van der Waals surface area contributed by atoms with E-state index in [1.165, 1.54) is 5.56 Å². The van der Waals surface area contributed by atoms with Crippen LogP contribution >= 0.6 is 0 Å². The summed E-state index contributed by atoms with van der Waals surface area (Å²) in [5.74, 6) is 1.35. The van der Waals surface area contributed by atoms with Gasteiger partial charge in [-0.15, -0.1) is 0 Å². The Kier molecular flexibility index (Phi) is 6.18. The van der Waals surface area contributed by atoms with E-state index in [2.05, 4.69) is 52.8 Å². The lowest BCUT2D eigenvalue weighted by molar-refractivity contribution is 0.0423. The highest BCUT2D eigenvalue weighted by Gasteiger charge is 2.19. The second-order valence-corrected chi connectivity index (χ2v) is 6.92. The zero-order valence-electron chi connectivity index (χ0n) is 15.4. The molecular formula is C19H28N4O2. The van der Waals surface area contributed by atoms with Gasteiger partial charge < -0.3 is 9.26 Å². The molecule has 1 aliphatic heterocycles. The minimum atomic E-state index is 0.307. The van der Waals surface area contributed by atoms with Crippen molar-refractivity contribution in [1.29, 1.82) is 0 Å². The summed E-state index contributed by atoms with van der Waals surface area (Å²) in [6, 6.07) is 8.19. The Morgan fingerprint density at radius 1 is 1.08 bits per heavy atom. The summed E-state index contributed by atoms with van der Waals surface area (Å²) < 4.78 is 11.1. The molecule has 1 fully saturated rings. The molecule has 1 saturated heterocycles. The van der Waals surface area contributed by atoms with Gasteiger partial charge in [-0.2, -0.15) is 4.98 Å². The van der Waals surface area contributed by atoms with Crippen LogP contribution in [0.25, 0.3) is 11.4 Å². The van der Waals surface area contributed by atoms with Gasteiger partial charge in [-0.25, -0.2) is 0 Å². The molecule has 0 N–H and O–H groups in total. The van der Waals surface area contributed by atoms with Gasteiger partial charge in [-0.3, -0.25) is 9.80 Å². The van der Waals surface area contributed by atoms with E-state index in [1.807, 2.05) is 12.1 Å². The predicted octanol–water partition coefficient (Wildman–Crippen LogP) is 2.59. The van der Waals surface area contributed by atoms with Gasteiger partial charge in [0.1, 0.15) is 0 Å². The number of ether oxygens (including phenoxy) is 1. The number of aryl methyl sites for hydroxylation is 1. The average Bonchev–Trinajstić information content (AvgIpc) is 3.05. The molecule has 3 rings (SSSR count). The Bertz CT molecular complexity index is 646. The van der Waals surface area contributed by atoms with Crippen molar-refractivity contribution in [3.8, 4) is 11.4 Å². The van der Waals surface area contributed by atoms with Crippen LogP contribution in [0.1, 0.15) is 25.3 Å². The smallest absolute Gasteiger partial charge is 0.241 e. The highest BCUT2D eigenvalue weighted by Crippen LogP contribution is 2.17. The molecule has 2 aromatic rings. The number of piperazine rings is 1. The average molecular weight is 344 g/mol. The molecule has 136 valence electrons. The van der Waals surface area contributed by atoms with Gasteiger partial charge in [0, 0.05) is 38.3 Å². The lowest BCUT2D eigenvalue weighted by Gasteiger charge is -2.33. The zero-order valence-corrected chi connectivity index (χ0v) is 15.4. The minimum absolute atomic E-state index is 0.307. The Morgan fingerprint density at radius 3 is 2.44 bits per heavy atom. The summed E-state index contributed by atoms with van der Waals surface area (Å²) in [6.45, 7) is 12.9. The van der Waals surface area contributed by atoms with E-state index in [4.69, 9.17) is 9.26 Å². The van der Waals surface area contributed by atoms with Crippen molar-refractivity contribution in [2.24, 2.45) is 0 Å². The summed E-state index contributed by atoms with van der Waals surface area (Å²) in [5, 5.41) is 4.11. The standard InChI is InChI=1S/C19H28N4O2/c1-15(2)24-13-12-22-8-10-23(11-9-22)14-18-20-19(21-25-18)17-6-4-16(3)5-7-17/h4-7,15H,8-14H2,1-3H3. The Labute approximate surface area is 149 Å². The lowest BCUT2D eigenvalue weighted by atomic mass is 10.1. The number of rotatable bonds is 7. The van der Waals surface area contributed by atoms with E-state index in [0.29, 0.717) is 17.8 Å². The number of hydrogen-bond donors (Lipinski definition) is 0. The third kappa shape index (κ3) is 5.36. The fraction of sp³-hybridized carbons (Fsp3) is 0.579. The van der Waals surface area contributed by atoms with Gasteiger partial charge in [-0.1, -0.05) is 35.0 Å². The van der Waals surface area contributed by atoms with Crippen LogP contribution in [0.15, 0.2) is 28.8 Å². The summed E-state index contributed by atoms with van der Waals surface area (Å²) >= 11 is 0. The molecule has 1 aromatic heterocycles. The largest absolute Gasteiger partial charge is 0.377 e. The molecule has 0 aliphatic carbocycles. The van der Waals surface area contributed by atoms with Crippen LogP contribution in [0.2, 0.25) is 0 Å².